The molecule has 0 aliphatic rings. The molecule has 0 aromatic heterocycles. The number of halogens is 2. The Hall–Kier alpha value is -0.340. The quantitative estimate of drug-likeness (QED) is 0.588. The number of benzene rings is 1. The summed E-state index contributed by atoms with van der Waals surface area (Å²) in [4.78, 5) is 11.4. The fourth-order valence-corrected chi connectivity index (χ4v) is 2.24. The van der Waals surface area contributed by atoms with E-state index < -0.39 is 0 Å². The molecule has 1 aromatic carbocycles. The minimum Gasteiger partial charge on any atom is -0.293 e. The van der Waals surface area contributed by atoms with Gasteiger partial charge in [-0.25, -0.2) is 0 Å². The first-order valence-electron chi connectivity index (χ1n) is 3.92. The predicted octanol–water partition coefficient (Wildman–Crippen LogP) is 3.49. The van der Waals surface area contributed by atoms with Crippen LogP contribution in [0, 0.1) is 13.8 Å². The van der Waals surface area contributed by atoms with Crippen LogP contribution in [0.2, 0.25) is 0 Å². The van der Waals surface area contributed by atoms with Crippen molar-refractivity contribution in [2.24, 2.45) is 0 Å². The minimum absolute atomic E-state index is 0.0100. The standard InChI is InChI=1S/C10H10BrClO/c1-6-3-8(11)4-7(2)10(6)9(13)5-12/h3-4H,5H2,1-2H3. The molecular weight excluding hydrogens is 251 g/mol. The second-order valence-electron chi connectivity index (χ2n) is 2.97. The molecule has 0 heterocycles. The lowest BCUT2D eigenvalue weighted by atomic mass is 10.0. The maximum atomic E-state index is 11.4. The topological polar surface area (TPSA) is 17.1 Å². The summed E-state index contributed by atoms with van der Waals surface area (Å²) in [5, 5.41) is 0. The highest BCUT2D eigenvalue weighted by atomic mass is 79.9. The number of carbonyl (C=O) groups is 1. The number of alkyl halides is 1. The van der Waals surface area contributed by atoms with E-state index in [9.17, 15) is 4.79 Å². The van der Waals surface area contributed by atoms with Crippen LogP contribution in [0.5, 0.6) is 0 Å². The van der Waals surface area contributed by atoms with Crippen LogP contribution in [-0.4, -0.2) is 11.7 Å². The molecule has 1 aromatic rings. The lowest BCUT2D eigenvalue weighted by Crippen LogP contribution is -2.05. The lowest BCUT2D eigenvalue weighted by molar-refractivity contribution is 0.102. The van der Waals surface area contributed by atoms with Crippen molar-refractivity contribution in [3.63, 3.8) is 0 Å². The van der Waals surface area contributed by atoms with Gasteiger partial charge in [-0.1, -0.05) is 15.9 Å². The summed E-state index contributed by atoms with van der Waals surface area (Å²) in [6, 6.07) is 3.85. The number of aryl methyl sites for hydroxylation is 2. The van der Waals surface area contributed by atoms with Crippen LogP contribution in [-0.2, 0) is 0 Å². The smallest absolute Gasteiger partial charge is 0.178 e. The average Bonchev–Trinajstić information content (AvgIpc) is 2.02. The van der Waals surface area contributed by atoms with E-state index in [4.69, 9.17) is 11.6 Å². The van der Waals surface area contributed by atoms with Crippen molar-refractivity contribution in [2.45, 2.75) is 13.8 Å². The van der Waals surface area contributed by atoms with E-state index in [1.165, 1.54) is 0 Å². The highest BCUT2D eigenvalue weighted by Gasteiger charge is 2.11. The van der Waals surface area contributed by atoms with Crippen molar-refractivity contribution >= 4 is 33.3 Å². The molecule has 0 atom stereocenters. The van der Waals surface area contributed by atoms with Gasteiger partial charge in [-0.15, -0.1) is 11.6 Å². The average molecular weight is 262 g/mol. The summed E-state index contributed by atoms with van der Waals surface area (Å²) in [7, 11) is 0. The highest BCUT2D eigenvalue weighted by Crippen LogP contribution is 2.21. The maximum Gasteiger partial charge on any atom is 0.178 e. The largest absolute Gasteiger partial charge is 0.293 e. The van der Waals surface area contributed by atoms with Crippen LogP contribution < -0.4 is 0 Å². The first kappa shape index (κ1) is 10.7. The Labute approximate surface area is 91.2 Å². The van der Waals surface area contributed by atoms with Gasteiger partial charge in [0, 0.05) is 10.0 Å². The van der Waals surface area contributed by atoms with Gasteiger partial charge in [0.15, 0.2) is 5.78 Å². The van der Waals surface area contributed by atoms with Crippen LogP contribution in [0.3, 0.4) is 0 Å². The number of rotatable bonds is 2. The maximum absolute atomic E-state index is 11.4. The van der Waals surface area contributed by atoms with Crippen LogP contribution in [0.4, 0.5) is 0 Å². The molecule has 0 saturated carbocycles. The van der Waals surface area contributed by atoms with E-state index in [1.807, 2.05) is 26.0 Å². The van der Waals surface area contributed by atoms with Gasteiger partial charge in [0.05, 0.1) is 5.88 Å². The van der Waals surface area contributed by atoms with E-state index in [0.29, 0.717) is 0 Å². The monoisotopic (exact) mass is 260 g/mol. The van der Waals surface area contributed by atoms with Crippen LogP contribution >= 0.6 is 27.5 Å². The molecule has 0 radical (unpaired) electrons. The van der Waals surface area contributed by atoms with Crippen molar-refractivity contribution in [1.82, 2.24) is 0 Å². The van der Waals surface area contributed by atoms with E-state index >= 15 is 0 Å². The molecule has 0 amide bonds. The van der Waals surface area contributed by atoms with E-state index in [2.05, 4.69) is 15.9 Å². The summed E-state index contributed by atoms with van der Waals surface area (Å²) in [5.41, 5.74) is 2.69. The summed E-state index contributed by atoms with van der Waals surface area (Å²) in [6.07, 6.45) is 0. The molecule has 70 valence electrons. The minimum atomic E-state index is -0.0100. The Bertz CT molecular complexity index is 324. The van der Waals surface area contributed by atoms with Crippen molar-refractivity contribution in [2.75, 3.05) is 5.88 Å². The van der Waals surface area contributed by atoms with Gasteiger partial charge in [-0.3, -0.25) is 4.79 Å². The van der Waals surface area contributed by atoms with Gasteiger partial charge in [0.2, 0.25) is 0 Å². The molecule has 0 bridgehead atoms. The van der Waals surface area contributed by atoms with E-state index in [1.54, 1.807) is 0 Å². The summed E-state index contributed by atoms with van der Waals surface area (Å²) in [6.45, 7) is 3.83. The molecule has 3 heteroatoms. The first-order valence-corrected chi connectivity index (χ1v) is 5.25. The molecule has 13 heavy (non-hydrogen) atoms. The summed E-state index contributed by atoms with van der Waals surface area (Å²) < 4.78 is 0.994. The van der Waals surface area contributed by atoms with Crippen molar-refractivity contribution < 1.29 is 4.79 Å². The van der Waals surface area contributed by atoms with E-state index in [0.717, 1.165) is 21.2 Å². The molecule has 0 aliphatic heterocycles. The zero-order valence-corrected chi connectivity index (χ0v) is 9.87. The van der Waals surface area contributed by atoms with Crippen molar-refractivity contribution in [3.8, 4) is 0 Å². The van der Waals surface area contributed by atoms with Crippen molar-refractivity contribution in [1.29, 1.82) is 0 Å². The Balaban J connectivity index is 3.28. The van der Waals surface area contributed by atoms with Gasteiger partial charge < -0.3 is 0 Å². The van der Waals surface area contributed by atoms with Gasteiger partial charge in [0.25, 0.3) is 0 Å². The molecule has 0 aliphatic carbocycles. The molecule has 0 spiro atoms. The zero-order valence-electron chi connectivity index (χ0n) is 7.53. The Morgan fingerprint density at radius 2 is 1.85 bits per heavy atom. The molecule has 0 saturated heterocycles. The molecular formula is C10H10BrClO. The third-order valence-corrected chi connectivity index (χ3v) is 2.60. The summed E-state index contributed by atoms with van der Waals surface area (Å²) in [5.74, 6) is 0.0349. The fraction of sp³-hybridized carbons (Fsp3) is 0.300. The summed E-state index contributed by atoms with van der Waals surface area (Å²) >= 11 is 8.88. The van der Waals surface area contributed by atoms with Gasteiger partial charge in [-0.05, 0) is 37.1 Å². The number of Topliss-reactive ketones (excluding diaryl/α,β-unsaturated/α-hetero) is 1. The number of carbonyl (C=O) groups excluding carboxylic acids is 1. The Morgan fingerprint density at radius 1 is 1.38 bits per heavy atom. The fourth-order valence-electron chi connectivity index (χ4n) is 1.42. The van der Waals surface area contributed by atoms with Gasteiger partial charge >= 0.3 is 0 Å². The second-order valence-corrected chi connectivity index (χ2v) is 4.15. The highest BCUT2D eigenvalue weighted by molar-refractivity contribution is 9.10. The zero-order chi connectivity index (χ0) is 10.0. The Kier molecular flexibility index (Phi) is 3.51. The van der Waals surface area contributed by atoms with Crippen LogP contribution in [0.25, 0.3) is 0 Å². The molecule has 0 fully saturated rings. The normalized spacial score (nSPS) is 10.2. The van der Waals surface area contributed by atoms with Gasteiger partial charge in [0.1, 0.15) is 0 Å². The Morgan fingerprint density at radius 3 is 2.23 bits per heavy atom. The second kappa shape index (κ2) is 4.25. The van der Waals surface area contributed by atoms with Gasteiger partial charge in [-0.2, -0.15) is 0 Å². The SMILES string of the molecule is Cc1cc(Br)cc(C)c1C(=O)CCl. The molecule has 1 rings (SSSR count). The molecule has 1 nitrogen and oxygen atoms in total. The first-order chi connectivity index (χ1) is 6.06. The van der Waals surface area contributed by atoms with Crippen LogP contribution in [0.15, 0.2) is 16.6 Å². The van der Waals surface area contributed by atoms with Crippen LogP contribution in [0.1, 0.15) is 21.5 Å². The molecule has 0 unspecified atom stereocenters. The van der Waals surface area contributed by atoms with E-state index in [-0.39, 0.29) is 11.7 Å². The number of ketones is 1. The number of hydrogen-bond acceptors (Lipinski definition) is 1. The van der Waals surface area contributed by atoms with Crippen molar-refractivity contribution in [3.05, 3.63) is 33.3 Å². The predicted molar refractivity (Wildman–Crippen MR) is 58.7 cm³/mol. The lowest BCUT2D eigenvalue weighted by Gasteiger charge is -2.07. The third-order valence-electron chi connectivity index (χ3n) is 1.90. The number of hydrogen-bond donors (Lipinski definition) is 0. The molecule has 0 N–H and O–H groups in total. The third kappa shape index (κ3) is 2.32.